The minimum atomic E-state index is 0.502. The lowest BCUT2D eigenvalue weighted by Gasteiger charge is -2.38. The average molecular weight is 221 g/mol. The lowest BCUT2D eigenvalue weighted by Crippen LogP contribution is -2.41. The van der Waals surface area contributed by atoms with Gasteiger partial charge in [0.25, 0.3) is 0 Å². The number of fused-ring (bicyclic) bond motifs is 2. The third kappa shape index (κ3) is 1.31. The minimum absolute atomic E-state index is 0.502. The van der Waals surface area contributed by atoms with Gasteiger partial charge < -0.3 is 5.32 Å². The maximum atomic E-state index is 3.70. The first kappa shape index (κ1) is 9.86. The number of aryl methyl sites for hydroxylation is 1. The first-order valence-corrected chi connectivity index (χ1v) is 7.05. The molecule has 1 spiro atoms. The number of thiophene rings is 1. The topological polar surface area (TPSA) is 12.0 Å². The fraction of sp³-hybridized carbons (Fsp3) is 0.692. The molecule has 1 aromatic rings. The highest BCUT2D eigenvalue weighted by Gasteiger charge is 2.45. The van der Waals surface area contributed by atoms with Crippen molar-refractivity contribution in [3.05, 3.63) is 21.9 Å². The van der Waals surface area contributed by atoms with Crippen molar-refractivity contribution in [2.24, 2.45) is 0 Å². The van der Waals surface area contributed by atoms with E-state index in [1.54, 1.807) is 10.4 Å². The molecule has 1 saturated heterocycles. The molecule has 2 heterocycles. The van der Waals surface area contributed by atoms with Crippen LogP contribution >= 0.6 is 11.3 Å². The zero-order chi connectivity index (χ0) is 10.3. The standard InChI is InChI=1S/C13H19NS/c1-2-12-13(7-8-14-12)6-3-4-11-10(13)5-9-15-11/h5,9,12,14H,2-4,6-8H2,1H3. The Kier molecular flexibility index (Phi) is 2.37. The summed E-state index contributed by atoms with van der Waals surface area (Å²) in [5.74, 6) is 0. The summed E-state index contributed by atoms with van der Waals surface area (Å²) < 4.78 is 0. The smallest absolute Gasteiger partial charge is 0.0162 e. The maximum absolute atomic E-state index is 3.70. The van der Waals surface area contributed by atoms with E-state index in [1.165, 1.54) is 38.6 Å². The van der Waals surface area contributed by atoms with Gasteiger partial charge in [0, 0.05) is 16.3 Å². The van der Waals surface area contributed by atoms with E-state index in [4.69, 9.17) is 0 Å². The van der Waals surface area contributed by atoms with Crippen molar-refractivity contribution >= 4 is 11.3 Å². The van der Waals surface area contributed by atoms with Crippen molar-refractivity contribution in [3.8, 4) is 0 Å². The summed E-state index contributed by atoms with van der Waals surface area (Å²) in [6.45, 7) is 3.54. The Hall–Kier alpha value is -0.340. The fourth-order valence-electron chi connectivity index (χ4n) is 3.67. The summed E-state index contributed by atoms with van der Waals surface area (Å²) in [7, 11) is 0. The normalized spacial score (nSPS) is 34.6. The molecule has 2 heteroatoms. The molecule has 1 aliphatic carbocycles. The third-order valence-corrected chi connectivity index (χ3v) is 5.33. The fourth-order valence-corrected chi connectivity index (χ4v) is 4.70. The van der Waals surface area contributed by atoms with Gasteiger partial charge in [0.05, 0.1) is 0 Å². The van der Waals surface area contributed by atoms with E-state index in [0.29, 0.717) is 5.41 Å². The molecule has 1 fully saturated rings. The molecule has 2 unspecified atom stereocenters. The Morgan fingerprint density at radius 1 is 1.53 bits per heavy atom. The molecular formula is C13H19NS. The number of rotatable bonds is 1. The SMILES string of the molecule is CCC1NCCC12CCCc1sccc12. The Morgan fingerprint density at radius 3 is 3.33 bits per heavy atom. The van der Waals surface area contributed by atoms with Gasteiger partial charge in [-0.25, -0.2) is 0 Å². The minimum Gasteiger partial charge on any atom is -0.313 e. The Morgan fingerprint density at radius 2 is 2.47 bits per heavy atom. The van der Waals surface area contributed by atoms with Crippen LogP contribution < -0.4 is 5.32 Å². The maximum Gasteiger partial charge on any atom is 0.0162 e. The molecule has 1 nitrogen and oxygen atoms in total. The number of hydrogen-bond acceptors (Lipinski definition) is 2. The molecule has 0 aromatic carbocycles. The van der Waals surface area contributed by atoms with E-state index in [0.717, 1.165) is 6.04 Å². The molecule has 1 aliphatic heterocycles. The van der Waals surface area contributed by atoms with E-state index in [2.05, 4.69) is 23.7 Å². The highest BCUT2D eigenvalue weighted by Crippen LogP contribution is 2.47. The van der Waals surface area contributed by atoms with Crippen LogP contribution in [0, 0.1) is 0 Å². The summed E-state index contributed by atoms with van der Waals surface area (Å²) >= 11 is 1.97. The Balaban J connectivity index is 2.06. The van der Waals surface area contributed by atoms with Crippen LogP contribution in [-0.2, 0) is 11.8 Å². The van der Waals surface area contributed by atoms with E-state index in [9.17, 15) is 0 Å². The van der Waals surface area contributed by atoms with Gasteiger partial charge in [0.1, 0.15) is 0 Å². The lowest BCUT2D eigenvalue weighted by atomic mass is 9.67. The molecule has 1 aromatic heterocycles. The molecule has 0 radical (unpaired) electrons. The van der Waals surface area contributed by atoms with Gasteiger partial charge in [-0.2, -0.15) is 0 Å². The first-order chi connectivity index (χ1) is 7.37. The lowest BCUT2D eigenvalue weighted by molar-refractivity contribution is 0.312. The summed E-state index contributed by atoms with van der Waals surface area (Å²) in [4.78, 5) is 1.67. The summed E-state index contributed by atoms with van der Waals surface area (Å²) in [5, 5.41) is 6.00. The van der Waals surface area contributed by atoms with Crippen molar-refractivity contribution in [1.29, 1.82) is 0 Å². The van der Waals surface area contributed by atoms with E-state index in [1.807, 2.05) is 11.3 Å². The molecule has 3 rings (SSSR count). The van der Waals surface area contributed by atoms with Crippen LogP contribution in [0.25, 0.3) is 0 Å². The monoisotopic (exact) mass is 221 g/mol. The van der Waals surface area contributed by atoms with E-state index in [-0.39, 0.29) is 0 Å². The largest absolute Gasteiger partial charge is 0.313 e. The Bertz CT molecular complexity index is 357. The molecular weight excluding hydrogens is 202 g/mol. The van der Waals surface area contributed by atoms with Crippen molar-refractivity contribution in [3.63, 3.8) is 0 Å². The summed E-state index contributed by atoms with van der Waals surface area (Å²) in [6.07, 6.45) is 6.75. The molecule has 82 valence electrons. The van der Waals surface area contributed by atoms with Crippen molar-refractivity contribution in [2.45, 2.75) is 50.5 Å². The first-order valence-electron chi connectivity index (χ1n) is 6.17. The van der Waals surface area contributed by atoms with Crippen LogP contribution in [0.1, 0.15) is 43.0 Å². The van der Waals surface area contributed by atoms with Gasteiger partial charge >= 0.3 is 0 Å². The number of hydrogen-bond donors (Lipinski definition) is 1. The second-order valence-corrected chi connectivity index (χ2v) is 5.93. The van der Waals surface area contributed by atoms with Gasteiger partial charge in [-0.1, -0.05) is 6.92 Å². The quantitative estimate of drug-likeness (QED) is 0.768. The van der Waals surface area contributed by atoms with Crippen LogP contribution in [0.3, 0.4) is 0 Å². The van der Waals surface area contributed by atoms with Gasteiger partial charge in [-0.05, 0) is 55.7 Å². The molecule has 1 N–H and O–H groups in total. The highest BCUT2D eigenvalue weighted by atomic mass is 32.1. The van der Waals surface area contributed by atoms with Gasteiger partial charge in [-0.15, -0.1) is 11.3 Å². The van der Waals surface area contributed by atoms with Crippen LogP contribution in [0.5, 0.6) is 0 Å². The molecule has 0 amide bonds. The summed E-state index contributed by atoms with van der Waals surface area (Å²) in [5.41, 5.74) is 2.19. The molecule has 2 aliphatic rings. The Labute approximate surface area is 95.9 Å². The third-order valence-electron chi connectivity index (χ3n) is 4.35. The van der Waals surface area contributed by atoms with Crippen molar-refractivity contribution < 1.29 is 0 Å². The van der Waals surface area contributed by atoms with E-state index >= 15 is 0 Å². The highest BCUT2D eigenvalue weighted by molar-refractivity contribution is 7.10. The van der Waals surface area contributed by atoms with Crippen LogP contribution in [0.2, 0.25) is 0 Å². The molecule has 0 saturated carbocycles. The predicted octanol–water partition coefficient (Wildman–Crippen LogP) is 3.09. The van der Waals surface area contributed by atoms with Crippen molar-refractivity contribution in [2.75, 3.05) is 6.54 Å². The van der Waals surface area contributed by atoms with Gasteiger partial charge in [0.2, 0.25) is 0 Å². The zero-order valence-electron chi connectivity index (χ0n) is 9.38. The van der Waals surface area contributed by atoms with Crippen molar-refractivity contribution in [1.82, 2.24) is 5.32 Å². The predicted molar refractivity (Wildman–Crippen MR) is 65.6 cm³/mol. The molecule has 0 bridgehead atoms. The average Bonchev–Trinajstić information content (AvgIpc) is 2.85. The number of nitrogens with one attached hydrogen (secondary N) is 1. The zero-order valence-corrected chi connectivity index (χ0v) is 10.2. The second kappa shape index (κ2) is 3.60. The van der Waals surface area contributed by atoms with Crippen LogP contribution in [-0.4, -0.2) is 12.6 Å². The second-order valence-electron chi connectivity index (χ2n) is 4.93. The molecule has 15 heavy (non-hydrogen) atoms. The van der Waals surface area contributed by atoms with Gasteiger partial charge in [0.15, 0.2) is 0 Å². The van der Waals surface area contributed by atoms with Crippen LogP contribution in [0.15, 0.2) is 11.4 Å². The molecule has 2 atom stereocenters. The van der Waals surface area contributed by atoms with E-state index < -0.39 is 0 Å². The van der Waals surface area contributed by atoms with Crippen LogP contribution in [0.4, 0.5) is 0 Å². The summed E-state index contributed by atoms with van der Waals surface area (Å²) in [6, 6.07) is 3.13. The van der Waals surface area contributed by atoms with Gasteiger partial charge in [-0.3, -0.25) is 0 Å².